The van der Waals surface area contributed by atoms with Crippen molar-refractivity contribution in [3.05, 3.63) is 35.4 Å². The number of hydrogen-bond donors (Lipinski definition) is 0. The lowest BCUT2D eigenvalue weighted by molar-refractivity contribution is 0.151. The maximum Gasteiger partial charge on any atom is 0.263 e. The molecule has 0 heterocycles. The third kappa shape index (κ3) is 4.02. The predicted octanol–water partition coefficient (Wildman–Crippen LogP) is 4.21. The third-order valence-corrected chi connectivity index (χ3v) is 1.64. The molecule has 0 bridgehead atoms. The van der Waals surface area contributed by atoms with Crippen molar-refractivity contribution in [1.82, 2.24) is 0 Å². The van der Waals surface area contributed by atoms with Crippen LogP contribution in [-0.2, 0) is 6.42 Å². The summed E-state index contributed by atoms with van der Waals surface area (Å²) in [4.78, 5) is 0. The minimum Gasteiger partial charge on any atom is -0.205 e. The minimum absolute atomic E-state index is 0.0993. The Hall–Kier alpha value is -0.920. The zero-order chi connectivity index (χ0) is 10.3. The van der Waals surface area contributed by atoms with E-state index in [4.69, 9.17) is 0 Å². The lowest BCUT2D eigenvalue weighted by Gasteiger charge is -1.99. The number of halogens is 2. The molecule has 0 aliphatic heterocycles. The van der Waals surface area contributed by atoms with Crippen LogP contribution in [0, 0.1) is 0 Å². The quantitative estimate of drug-likeness (QED) is 0.649. The first-order valence-electron chi connectivity index (χ1n) is 4.61. The Morgan fingerprint density at radius 1 is 1.08 bits per heavy atom. The molecule has 2 heteroatoms. The van der Waals surface area contributed by atoms with Crippen molar-refractivity contribution in [3.63, 3.8) is 0 Å². The van der Waals surface area contributed by atoms with E-state index in [1.165, 1.54) is 12.1 Å². The topological polar surface area (TPSA) is 0 Å². The summed E-state index contributed by atoms with van der Waals surface area (Å²) in [5, 5.41) is 0. The summed E-state index contributed by atoms with van der Waals surface area (Å²) in [5.74, 6) is 0. The molecule has 0 aromatic heterocycles. The van der Waals surface area contributed by atoms with Gasteiger partial charge in [-0.05, 0) is 12.0 Å². The van der Waals surface area contributed by atoms with Gasteiger partial charge in [0.1, 0.15) is 0 Å². The smallest absolute Gasteiger partial charge is 0.205 e. The van der Waals surface area contributed by atoms with Crippen molar-refractivity contribution in [2.45, 2.75) is 33.6 Å². The predicted molar refractivity (Wildman–Crippen MR) is 52.1 cm³/mol. The van der Waals surface area contributed by atoms with Crippen LogP contribution in [0.3, 0.4) is 0 Å². The zero-order valence-corrected chi connectivity index (χ0v) is 8.35. The van der Waals surface area contributed by atoms with E-state index in [9.17, 15) is 8.78 Å². The van der Waals surface area contributed by atoms with Crippen LogP contribution in [0.1, 0.15) is 38.3 Å². The highest BCUT2D eigenvalue weighted by atomic mass is 19.3. The summed E-state index contributed by atoms with van der Waals surface area (Å²) in [5.41, 5.74) is 1.19. The van der Waals surface area contributed by atoms with Crippen LogP contribution in [0.4, 0.5) is 8.78 Å². The fourth-order valence-electron chi connectivity index (χ4n) is 0.899. The van der Waals surface area contributed by atoms with E-state index in [1.54, 1.807) is 12.1 Å². The molecule has 0 aliphatic carbocycles. The summed E-state index contributed by atoms with van der Waals surface area (Å²) in [6.07, 6.45) is -1.45. The standard InChI is InChI=1S/C9H10F2.C2H6/c1-2-7-3-5-8(6-4-7)9(10)11;1-2/h3-6,9H,2H2,1H3;1-2H3. The normalized spacial score (nSPS) is 9.38. The Kier molecular flexibility index (Phi) is 6.11. The SMILES string of the molecule is CC.CCc1ccc(C(F)F)cc1. The molecule has 1 aromatic carbocycles. The molecule has 74 valence electrons. The molecular formula is C11H16F2. The Labute approximate surface area is 78.6 Å². The van der Waals surface area contributed by atoms with Crippen LogP contribution in [0.25, 0.3) is 0 Å². The van der Waals surface area contributed by atoms with Gasteiger partial charge in [-0.3, -0.25) is 0 Å². The van der Waals surface area contributed by atoms with Gasteiger partial charge in [-0.2, -0.15) is 0 Å². The number of aryl methyl sites for hydroxylation is 1. The van der Waals surface area contributed by atoms with Crippen LogP contribution in [0.15, 0.2) is 24.3 Å². The Morgan fingerprint density at radius 2 is 1.54 bits per heavy atom. The summed E-state index contributed by atoms with van der Waals surface area (Å²) in [6, 6.07) is 6.43. The van der Waals surface area contributed by atoms with Crippen molar-refractivity contribution in [3.8, 4) is 0 Å². The molecule has 0 aliphatic rings. The van der Waals surface area contributed by atoms with Crippen molar-refractivity contribution in [2.75, 3.05) is 0 Å². The molecular weight excluding hydrogens is 170 g/mol. The second kappa shape index (κ2) is 6.58. The number of benzene rings is 1. The highest BCUT2D eigenvalue weighted by Gasteiger charge is 2.04. The third-order valence-electron chi connectivity index (χ3n) is 1.64. The first-order chi connectivity index (χ1) is 6.24. The molecule has 0 saturated carbocycles. The monoisotopic (exact) mass is 186 g/mol. The fraction of sp³-hybridized carbons (Fsp3) is 0.455. The van der Waals surface area contributed by atoms with E-state index in [0.717, 1.165) is 12.0 Å². The molecule has 1 aromatic rings. The van der Waals surface area contributed by atoms with Gasteiger partial charge in [0, 0.05) is 5.56 Å². The second-order valence-electron chi connectivity index (χ2n) is 2.40. The molecule has 0 spiro atoms. The van der Waals surface area contributed by atoms with E-state index < -0.39 is 6.43 Å². The maximum absolute atomic E-state index is 12.0. The van der Waals surface area contributed by atoms with Gasteiger partial charge in [-0.25, -0.2) is 8.78 Å². The summed E-state index contributed by atoms with van der Waals surface area (Å²) in [7, 11) is 0. The Balaban J connectivity index is 0.000000671. The van der Waals surface area contributed by atoms with Gasteiger partial charge >= 0.3 is 0 Å². The molecule has 0 N–H and O–H groups in total. The Morgan fingerprint density at radius 3 is 1.85 bits per heavy atom. The molecule has 0 amide bonds. The molecule has 0 unspecified atom stereocenters. The number of alkyl halides is 2. The van der Waals surface area contributed by atoms with Crippen LogP contribution in [0.5, 0.6) is 0 Å². The van der Waals surface area contributed by atoms with Crippen LogP contribution in [-0.4, -0.2) is 0 Å². The van der Waals surface area contributed by atoms with E-state index in [-0.39, 0.29) is 5.56 Å². The fourth-order valence-corrected chi connectivity index (χ4v) is 0.899. The highest BCUT2D eigenvalue weighted by Crippen LogP contribution is 2.18. The van der Waals surface area contributed by atoms with E-state index >= 15 is 0 Å². The summed E-state index contributed by atoms with van der Waals surface area (Å²) >= 11 is 0. The van der Waals surface area contributed by atoms with Gasteiger partial charge in [0.15, 0.2) is 0 Å². The van der Waals surface area contributed by atoms with Crippen molar-refractivity contribution < 1.29 is 8.78 Å². The first kappa shape index (κ1) is 12.1. The first-order valence-corrected chi connectivity index (χ1v) is 4.61. The lowest BCUT2D eigenvalue weighted by atomic mass is 10.1. The molecule has 0 saturated heterocycles. The van der Waals surface area contributed by atoms with Crippen molar-refractivity contribution in [1.29, 1.82) is 0 Å². The number of hydrogen-bond acceptors (Lipinski definition) is 0. The molecule has 0 atom stereocenters. The van der Waals surface area contributed by atoms with Gasteiger partial charge in [0.2, 0.25) is 0 Å². The van der Waals surface area contributed by atoms with E-state index in [2.05, 4.69) is 0 Å². The largest absolute Gasteiger partial charge is 0.263 e. The van der Waals surface area contributed by atoms with Crippen LogP contribution in [0.2, 0.25) is 0 Å². The van der Waals surface area contributed by atoms with Crippen LogP contribution >= 0.6 is 0 Å². The molecule has 0 fully saturated rings. The van der Waals surface area contributed by atoms with Gasteiger partial charge in [-0.1, -0.05) is 45.0 Å². The zero-order valence-electron chi connectivity index (χ0n) is 8.35. The van der Waals surface area contributed by atoms with Gasteiger partial charge in [0.25, 0.3) is 6.43 Å². The molecule has 13 heavy (non-hydrogen) atoms. The summed E-state index contributed by atoms with van der Waals surface area (Å²) in [6.45, 7) is 6.00. The average molecular weight is 186 g/mol. The van der Waals surface area contributed by atoms with Crippen molar-refractivity contribution in [2.24, 2.45) is 0 Å². The highest BCUT2D eigenvalue weighted by molar-refractivity contribution is 5.22. The molecule has 0 radical (unpaired) electrons. The van der Waals surface area contributed by atoms with Crippen LogP contribution < -0.4 is 0 Å². The lowest BCUT2D eigenvalue weighted by Crippen LogP contribution is -1.84. The maximum atomic E-state index is 12.0. The van der Waals surface area contributed by atoms with Crippen molar-refractivity contribution >= 4 is 0 Å². The minimum atomic E-state index is -2.35. The average Bonchev–Trinajstić information content (AvgIpc) is 2.21. The number of rotatable bonds is 2. The van der Waals surface area contributed by atoms with E-state index in [0.29, 0.717) is 0 Å². The second-order valence-corrected chi connectivity index (χ2v) is 2.40. The van der Waals surface area contributed by atoms with Gasteiger partial charge in [-0.15, -0.1) is 0 Å². The molecule has 0 nitrogen and oxygen atoms in total. The Bertz CT molecular complexity index is 214. The summed E-state index contributed by atoms with van der Waals surface area (Å²) < 4.78 is 24.0. The van der Waals surface area contributed by atoms with E-state index in [1.807, 2.05) is 20.8 Å². The van der Waals surface area contributed by atoms with Gasteiger partial charge in [0.05, 0.1) is 0 Å². The van der Waals surface area contributed by atoms with Gasteiger partial charge < -0.3 is 0 Å². The molecule has 1 rings (SSSR count).